The third kappa shape index (κ3) is 4.50. The van der Waals surface area contributed by atoms with Crippen LogP contribution in [0.3, 0.4) is 0 Å². The monoisotopic (exact) mass is 276 g/mol. The molecule has 0 radical (unpaired) electrons. The molecule has 1 unspecified atom stereocenters. The van der Waals surface area contributed by atoms with Crippen LogP contribution in [0, 0.1) is 0 Å². The van der Waals surface area contributed by atoms with E-state index in [0.717, 1.165) is 31.5 Å². The molecule has 1 aromatic carbocycles. The van der Waals surface area contributed by atoms with Crippen molar-refractivity contribution in [1.29, 1.82) is 0 Å². The Labute approximate surface area is 123 Å². The Hall–Kier alpha value is -1.06. The van der Waals surface area contributed by atoms with Gasteiger partial charge in [0.25, 0.3) is 0 Å². The zero-order valence-electron chi connectivity index (χ0n) is 13.1. The van der Waals surface area contributed by atoms with E-state index in [1.165, 1.54) is 24.9 Å². The summed E-state index contributed by atoms with van der Waals surface area (Å²) in [5.74, 6) is 0.953. The van der Waals surface area contributed by atoms with Crippen LogP contribution in [0.2, 0.25) is 0 Å². The summed E-state index contributed by atoms with van der Waals surface area (Å²) in [5.41, 5.74) is 1.32. The molecule has 0 amide bonds. The molecule has 20 heavy (non-hydrogen) atoms. The summed E-state index contributed by atoms with van der Waals surface area (Å²) < 4.78 is 5.47. The van der Waals surface area contributed by atoms with E-state index in [1.54, 1.807) is 0 Å². The molecule has 0 saturated heterocycles. The zero-order chi connectivity index (χ0) is 14.4. The minimum atomic E-state index is 0.392. The maximum atomic E-state index is 5.47. The fourth-order valence-electron chi connectivity index (χ4n) is 2.60. The second-order valence-corrected chi connectivity index (χ2v) is 5.54. The van der Waals surface area contributed by atoms with Gasteiger partial charge in [-0.05, 0) is 50.9 Å². The number of hydrogen-bond acceptors (Lipinski definition) is 3. The Kier molecular flexibility index (Phi) is 5.86. The number of rotatable bonds is 9. The molecule has 1 aromatic rings. The van der Waals surface area contributed by atoms with E-state index < -0.39 is 0 Å². The topological polar surface area (TPSA) is 24.5 Å². The van der Waals surface area contributed by atoms with E-state index in [4.69, 9.17) is 4.74 Å². The molecule has 0 aromatic heterocycles. The Morgan fingerprint density at radius 2 is 1.95 bits per heavy atom. The lowest BCUT2D eigenvalue weighted by atomic mass is 10.1. The second-order valence-electron chi connectivity index (χ2n) is 5.54. The van der Waals surface area contributed by atoms with Crippen molar-refractivity contribution in [1.82, 2.24) is 10.2 Å². The van der Waals surface area contributed by atoms with Crippen molar-refractivity contribution in [3.63, 3.8) is 0 Å². The van der Waals surface area contributed by atoms with E-state index >= 15 is 0 Å². The van der Waals surface area contributed by atoms with E-state index in [-0.39, 0.29) is 0 Å². The van der Waals surface area contributed by atoms with Gasteiger partial charge in [0.15, 0.2) is 0 Å². The summed E-state index contributed by atoms with van der Waals surface area (Å²) >= 11 is 0. The third-order valence-corrected chi connectivity index (χ3v) is 4.01. The highest BCUT2D eigenvalue weighted by molar-refractivity contribution is 5.28. The fraction of sp³-hybridized carbons (Fsp3) is 0.647. The molecule has 1 atom stereocenters. The summed E-state index contributed by atoms with van der Waals surface area (Å²) in [6.45, 7) is 10.6. The molecule has 0 bridgehead atoms. The van der Waals surface area contributed by atoms with Gasteiger partial charge in [-0.3, -0.25) is 4.90 Å². The van der Waals surface area contributed by atoms with Crippen LogP contribution in [-0.2, 0) is 0 Å². The normalized spacial score (nSPS) is 16.4. The molecule has 0 spiro atoms. The molecule has 0 aliphatic heterocycles. The van der Waals surface area contributed by atoms with Crippen molar-refractivity contribution in [2.24, 2.45) is 0 Å². The molecule has 3 nitrogen and oxygen atoms in total. The highest BCUT2D eigenvalue weighted by Crippen LogP contribution is 2.26. The van der Waals surface area contributed by atoms with Crippen LogP contribution in [0.15, 0.2) is 24.3 Å². The molecule has 0 heterocycles. The van der Waals surface area contributed by atoms with E-state index in [1.807, 2.05) is 6.92 Å². The Morgan fingerprint density at radius 1 is 1.25 bits per heavy atom. The van der Waals surface area contributed by atoms with Crippen LogP contribution in [0.4, 0.5) is 0 Å². The molecule has 1 saturated carbocycles. The predicted octanol–water partition coefficient (Wildman–Crippen LogP) is 3.22. The Morgan fingerprint density at radius 3 is 2.50 bits per heavy atom. The standard InChI is InChI=1S/C17H28N2O/c1-4-19(16-8-9-16)13-12-18-14(3)15-6-10-17(11-7-15)20-5-2/h6-7,10-11,14,16,18H,4-5,8-9,12-13H2,1-3H3. The van der Waals surface area contributed by atoms with Crippen molar-refractivity contribution >= 4 is 0 Å². The third-order valence-electron chi connectivity index (χ3n) is 4.01. The zero-order valence-corrected chi connectivity index (χ0v) is 13.1. The van der Waals surface area contributed by atoms with Gasteiger partial charge in [0.05, 0.1) is 6.61 Å². The molecule has 1 fully saturated rings. The first-order chi connectivity index (χ1) is 9.74. The maximum Gasteiger partial charge on any atom is 0.119 e. The Balaban J connectivity index is 1.74. The van der Waals surface area contributed by atoms with Crippen molar-refractivity contribution in [2.75, 3.05) is 26.2 Å². The van der Waals surface area contributed by atoms with Gasteiger partial charge in [-0.1, -0.05) is 19.1 Å². The summed E-state index contributed by atoms with van der Waals surface area (Å²) in [5, 5.41) is 3.62. The van der Waals surface area contributed by atoms with E-state index in [9.17, 15) is 0 Å². The first-order valence-corrected chi connectivity index (χ1v) is 7.94. The quantitative estimate of drug-likeness (QED) is 0.749. The highest BCUT2D eigenvalue weighted by Gasteiger charge is 2.27. The Bertz CT molecular complexity index is 386. The van der Waals surface area contributed by atoms with Crippen molar-refractivity contribution in [3.8, 4) is 5.75 Å². The van der Waals surface area contributed by atoms with Crippen LogP contribution in [0.5, 0.6) is 5.75 Å². The van der Waals surface area contributed by atoms with Crippen molar-refractivity contribution < 1.29 is 4.74 Å². The number of nitrogens with zero attached hydrogens (tertiary/aromatic N) is 1. The fourth-order valence-corrected chi connectivity index (χ4v) is 2.60. The molecule has 1 N–H and O–H groups in total. The molecular formula is C17H28N2O. The summed E-state index contributed by atoms with van der Waals surface area (Å²) in [6.07, 6.45) is 2.78. The molecule has 112 valence electrons. The van der Waals surface area contributed by atoms with Crippen LogP contribution < -0.4 is 10.1 Å². The summed E-state index contributed by atoms with van der Waals surface area (Å²) in [7, 11) is 0. The SMILES string of the molecule is CCOc1ccc(C(C)NCCN(CC)C2CC2)cc1. The number of hydrogen-bond donors (Lipinski definition) is 1. The minimum absolute atomic E-state index is 0.392. The van der Waals surface area contributed by atoms with Gasteiger partial charge in [0, 0.05) is 25.2 Å². The first-order valence-electron chi connectivity index (χ1n) is 7.94. The van der Waals surface area contributed by atoms with Crippen LogP contribution in [0.1, 0.15) is 45.2 Å². The predicted molar refractivity (Wildman–Crippen MR) is 84.3 cm³/mol. The largest absolute Gasteiger partial charge is 0.494 e. The lowest BCUT2D eigenvalue weighted by Crippen LogP contribution is -2.34. The summed E-state index contributed by atoms with van der Waals surface area (Å²) in [6, 6.07) is 9.67. The van der Waals surface area contributed by atoms with E-state index in [0.29, 0.717) is 6.04 Å². The lowest BCUT2D eigenvalue weighted by molar-refractivity contribution is 0.273. The number of benzene rings is 1. The molecule has 2 rings (SSSR count). The molecule has 3 heteroatoms. The van der Waals surface area contributed by atoms with Crippen molar-refractivity contribution in [2.45, 2.75) is 45.7 Å². The van der Waals surface area contributed by atoms with Gasteiger partial charge in [-0.25, -0.2) is 0 Å². The average Bonchev–Trinajstić information content (AvgIpc) is 3.29. The van der Waals surface area contributed by atoms with Gasteiger partial charge < -0.3 is 10.1 Å². The molecule has 1 aliphatic carbocycles. The van der Waals surface area contributed by atoms with Crippen LogP contribution >= 0.6 is 0 Å². The number of likely N-dealkylation sites (N-methyl/N-ethyl adjacent to an activating group) is 1. The van der Waals surface area contributed by atoms with Crippen LogP contribution in [0.25, 0.3) is 0 Å². The average molecular weight is 276 g/mol. The number of nitrogens with one attached hydrogen (secondary N) is 1. The number of ether oxygens (including phenoxy) is 1. The smallest absolute Gasteiger partial charge is 0.119 e. The van der Waals surface area contributed by atoms with Gasteiger partial charge in [-0.2, -0.15) is 0 Å². The van der Waals surface area contributed by atoms with Crippen molar-refractivity contribution in [3.05, 3.63) is 29.8 Å². The lowest BCUT2D eigenvalue weighted by Gasteiger charge is -2.22. The van der Waals surface area contributed by atoms with Gasteiger partial charge in [0.1, 0.15) is 5.75 Å². The first kappa shape index (κ1) is 15.3. The van der Waals surface area contributed by atoms with Crippen LogP contribution in [-0.4, -0.2) is 37.2 Å². The van der Waals surface area contributed by atoms with Gasteiger partial charge in [0.2, 0.25) is 0 Å². The summed E-state index contributed by atoms with van der Waals surface area (Å²) in [4.78, 5) is 2.58. The second kappa shape index (κ2) is 7.65. The van der Waals surface area contributed by atoms with E-state index in [2.05, 4.69) is 48.3 Å². The maximum absolute atomic E-state index is 5.47. The molecule has 1 aliphatic rings. The van der Waals surface area contributed by atoms with Gasteiger partial charge >= 0.3 is 0 Å². The van der Waals surface area contributed by atoms with Gasteiger partial charge in [-0.15, -0.1) is 0 Å². The molecular weight excluding hydrogens is 248 g/mol. The minimum Gasteiger partial charge on any atom is -0.494 e. The highest BCUT2D eigenvalue weighted by atomic mass is 16.5.